The molecule has 0 fully saturated rings. The number of hydrogen-bond donors (Lipinski definition) is 0. The summed E-state index contributed by atoms with van der Waals surface area (Å²) in [5.74, 6) is 0.248. The van der Waals surface area contributed by atoms with Gasteiger partial charge in [-0.25, -0.2) is 13.4 Å². The molecule has 0 atom stereocenters. The molecule has 0 bridgehead atoms. The van der Waals surface area contributed by atoms with Crippen LogP contribution in [0.15, 0.2) is 44.5 Å². The summed E-state index contributed by atoms with van der Waals surface area (Å²) >= 11 is 0. The lowest BCUT2D eigenvalue weighted by molar-refractivity contribution is 0.453. The van der Waals surface area contributed by atoms with E-state index in [1.807, 2.05) is 0 Å². The highest BCUT2D eigenvalue weighted by Gasteiger charge is 2.18. The summed E-state index contributed by atoms with van der Waals surface area (Å²) in [6, 6.07) is 4.19. The number of rotatable bonds is 2. The van der Waals surface area contributed by atoms with Crippen LogP contribution in [-0.2, 0) is 9.05 Å². The Bertz CT molecular complexity index is 808. The molecule has 8 heteroatoms. The molecule has 0 unspecified atom stereocenters. The first kappa shape index (κ1) is 11.2. The molecular weight excluding hydrogens is 280 g/mol. The van der Waals surface area contributed by atoms with Crippen LogP contribution in [0.5, 0.6) is 0 Å². The van der Waals surface area contributed by atoms with E-state index in [0.29, 0.717) is 16.7 Å². The van der Waals surface area contributed by atoms with Gasteiger partial charge in [-0.1, -0.05) is 5.16 Å². The molecule has 0 radical (unpaired) electrons. The van der Waals surface area contributed by atoms with E-state index in [0.717, 1.165) is 0 Å². The average molecular weight is 285 g/mol. The normalized spacial score (nSPS) is 12.1. The fourth-order valence-corrected chi connectivity index (χ4v) is 2.34. The summed E-state index contributed by atoms with van der Waals surface area (Å²) in [5, 5.41) is 4.26. The average Bonchev–Trinajstić information content (AvgIpc) is 2.95. The molecule has 92 valence electrons. The molecule has 3 aromatic rings. The zero-order chi connectivity index (χ0) is 12.8. The maximum absolute atomic E-state index is 11.3. The number of hydrogen-bond acceptors (Lipinski definition) is 6. The second-order valence-electron chi connectivity index (χ2n) is 3.46. The highest BCUT2D eigenvalue weighted by molar-refractivity contribution is 8.13. The Morgan fingerprint density at radius 1 is 1.28 bits per heavy atom. The molecule has 0 saturated carbocycles. The molecule has 0 aliphatic carbocycles. The van der Waals surface area contributed by atoms with Crippen LogP contribution < -0.4 is 0 Å². The lowest BCUT2D eigenvalue weighted by Crippen LogP contribution is -1.89. The van der Waals surface area contributed by atoms with Crippen LogP contribution >= 0.6 is 10.7 Å². The Morgan fingerprint density at radius 2 is 2.11 bits per heavy atom. The van der Waals surface area contributed by atoms with E-state index in [1.165, 1.54) is 30.7 Å². The van der Waals surface area contributed by atoms with E-state index in [-0.39, 0.29) is 10.8 Å². The fourth-order valence-electron chi connectivity index (χ4n) is 1.56. The second kappa shape index (κ2) is 3.82. The summed E-state index contributed by atoms with van der Waals surface area (Å²) in [4.78, 5) is 3.89. The van der Waals surface area contributed by atoms with Crippen LogP contribution in [0.2, 0.25) is 0 Å². The van der Waals surface area contributed by atoms with Gasteiger partial charge in [-0.05, 0) is 18.2 Å². The summed E-state index contributed by atoms with van der Waals surface area (Å²) in [5.41, 5.74) is 0.754. The molecule has 0 spiro atoms. The van der Waals surface area contributed by atoms with Crippen molar-refractivity contribution in [1.29, 1.82) is 0 Å². The maximum atomic E-state index is 11.3. The summed E-state index contributed by atoms with van der Waals surface area (Å²) < 4.78 is 32.7. The van der Waals surface area contributed by atoms with Gasteiger partial charge in [0, 0.05) is 10.7 Å². The second-order valence-corrected chi connectivity index (χ2v) is 6.03. The predicted octanol–water partition coefficient (Wildman–Crippen LogP) is 2.41. The molecule has 0 aliphatic rings. The molecular formula is C10H5ClN2O4S. The quantitative estimate of drug-likeness (QED) is 0.672. The smallest absolute Gasteiger partial charge is 0.261 e. The Hall–Kier alpha value is -1.86. The number of fused-ring (bicyclic) bond motifs is 1. The molecule has 6 nitrogen and oxygen atoms in total. The zero-order valence-corrected chi connectivity index (χ0v) is 10.3. The van der Waals surface area contributed by atoms with Gasteiger partial charge in [0.05, 0.1) is 16.5 Å². The topological polar surface area (TPSA) is 86.2 Å². The Morgan fingerprint density at radius 3 is 2.78 bits per heavy atom. The van der Waals surface area contributed by atoms with Crippen molar-refractivity contribution in [2.45, 2.75) is 4.90 Å². The minimum absolute atomic E-state index is 0.0346. The van der Waals surface area contributed by atoms with E-state index in [9.17, 15) is 8.42 Å². The molecule has 18 heavy (non-hydrogen) atoms. The highest BCUT2D eigenvalue weighted by atomic mass is 35.7. The van der Waals surface area contributed by atoms with Crippen molar-refractivity contribution in [3.8, 4) is 11.6 Å². The summed E-state index contributed by atoms with van der Waals surface area (Å²) in [6.07, 6.45) is 2.84. The van der Waals surface area contributed by atoms with E-state index < -0.39 is 9.05 Å². The largest absolute Gasteiger partial charge is 0.443 e. The first-order valence-electron chi connectivity index (χ1n) is 4.80. The molecule has 0 saturated heterocycles. The van der Waals surface area contributed by atoms with E-state index in [4.69, 9.17) is 19.6 Å². The van der Waals surface area contributed by atoms with Gasteiger partial charge in [0.25, 0.3) is 9.05 Å². The van der Waals surface area contributed by atoms with Crippen molar-refractivity contribution < 1.29 is 17.4 Å². The summed E-state index contributed by atoms with van der Waals surface area (Å²) in [7, 11) is 1.48. The number of aromatic nitrogens is 2. The Kier molecular flexibility index (Phi) is 2.39. The van der Waals surface area contributed by atoms with Crippen LogP contribution in [0, 0.1) is 0 Å². The maximum Gasteiger partial charge on any atom is 0.261 e. The molecule has 3 rings (SSSR count). The predicted molar refractivity (Wildman–Crippen MR) is 62.5 cm³/mol. The monoisotopic (exact) mass is 284 g/mol. The van der Waals surface area contributed by atoms with Gasteiger partial charge in [0.1, 0.15) is 6.26 Å². The molecule has 0 aliphatic heterocycles. The number of nitrogens with zero attached hydrogens (tertiary/aromatic N) is 2. The lowest BCUT2D eigenvalue weighted by atomic mass is 10.2. The SMILES string of the molecule is O=S(=O)(Cl)c1ccc2onc(-c3ncco3)c2c1. The van der Waals surface area contributed by atoms with Crippen molar-refractivity contribution in [3.63, 3.8) is 0 Å². The van der Waals surface area contributed by atoms with Gasteiger partial charge in [-0.2, -0.15) is 0 Å². The van der Waals surface area contributed by atoms with Crippen molar-refractivity contribution in [3.05, 3.63) is 30.7 Å². The molecule has 1 aromatic carbocycles. The minimum atomic E-state index is -3.81. The third kappa shape index (κ3) is 1.77. The number of oxazole rings is 1. The van der Waals surface area contributed by atoms with Gasteiger partial charge in [-0.3, -0.25) is 0 Å². The molecule has 2 aromatic heterocycles. The zero-order valence-electron chi connectivity index (χ0n) is 8.70. The van der Waals surface area contributed by atoms with Crippen molar-refractivity contribution in [2.75, 3.05) is 0 Å². The molecule has 0 amide bonds. The van der Waals surface area contributed by atoms with Gasteiger partial charge >= 0.3 is 0 Å². The van der Waals surface area contributed by atoms with Crippen LogP contribution in [0.25, 0.3) is 22.6 Å². The third-order valence-corrected chi connectivity index (χ3v) is 3.71. The molecule has 0 N–H and O–H groups in total. The van der Waals surface area contributed by atoms with E-state index >= 15 is 0 Å². The van der Waals surface area contributed by atoms with Crippen LogP contribution in [0.3, 0.4) is 0 Å². The Labute approximate surface area is 106 Å². The number of benzene rings is 1. The van der Waals surface area contributed by atoms with Crippen LogP contribution in [0.1, 0.15) is 0 Å². The van der Waals surface area contributed by atoms with Crippen molar-refractivity contribution in [1.82, 2.24) is 10.1 Å². The van der Waals surface area contributed by atoms with Crippen molar-refractivity contribution in [2.24, 2.45) is 0 Å². The van der Waals surface area contributed by atoms with Crippen LogP contribution in [0.4, 0.5) is 0 Å². The van der Waals surface area contributed by atoms with E-state index in [1.54, 1.807) is 0 Å². The standard InChI is InChI=1S/C10H5ClN2O4S/c11-18(14,15)6-1-2-8-7(5-6)9(13-17-8)10-12-3-4-16-10/h1-5H. The minimum Gasteiger partial charge on any atom is -0.443 e. The van der Waals surface area contributed by atoms with Gasteiger partial charge < -0.3 is 8.94 Å². The molecule has 2 heterocycles. The lowest BCUT2D eigenvalue weighted by Gasteiger charge is -1.95. The fraction of sp³-hybridized carbons (Fsp3) is 0. The Balaban J connectivity index is 2.30. The number of halogens is 1. The van der Waals surface area contributed by atoms with Gasteiger partial charge in [-0.15, -0.1) is 0 Å². The van der Waals surface area contributed by atoms with Crippen LogP contribution in [-0.4, -0.2) is 18.6 Å². The first-order valence-corrected chi connectivity index (χ1v) is 7.10. The first-order chi connectivity index (χ1) is 8.55. The summed E-state index contributed by atoms with van der Waals surface area (Å²) in [6.45, 7) is 0. The highest BCUT2D eigenvalue weighted by Crippen LogP contribution is 2.29. The van der Waals surface area contributed by atoms with Gasteiger partial charge in [0.15, 0.2) is 11.3 Å². The van der Waals surface area contributed by atoms with Gasteiger partial charge in [0.2, 0.25) is 5.89 Å². The van der Waals surface area contributed by atoms with Crippen molar-refractivity contribution >= 4 is 30.7 Å². The third-order valence-electron chi connectivity index (χ3n) is 2.36. The van der Waals surface area contributed by atoms with E-state index in [2.05, 4.69) is 10.1 Å².